The lowest BCUT2D eigenvalue weighted by molar-refractivity contribution is 0.113. The number of halogens is 1. The van der Waals surface area contributed by atoms with Gasteiger partial charge in [-0.25, -0.2) is 4.39 Å². The molecule has 0 radical (unpaired) electrons. The third-order valence-electron chi connectivity index (χ3n) is 3.51. The van der Waals surface area contributed by atoms with E-state index in [4.69, 9.17) is 27.4 Å². The highest BCUT2D eigenvalue weighted by Gasteiger charge is 2.25. The molecule has 4 nitrogen and oxygen atoms in total. The number of hydrogen-bond acceptors (Lipinski definition) is 4. The van der Waals surface area contributed by atoms with Gasteiger partial charge in [-0.2, -0.15) is 0 Å². The molecule has 1 aliphatic rings. The van der Waals surface area contributed by atoms with Crippen molar-refractivity contribution in [2.24, 2.45) is 5.73 Å². The van der Waals surface area contributed by atoms with Gasteiger partial charge in [0.1, 0.15) is 17.7 Å². The Morgan fingerprint density at radius 2 is 2.33 bits per heavy atom. The molecule has 1 aromatic carbocycles. The molecule has 0 aromatic heterocycles. The van der Waals surface area contributed by atoms with Crippen LogP contribution in [-0.4, -0.2) is 49.3 Å². The van der Waals surface area contributed by atoms with Gasteiger partial charge in [-0.15, -0.1) is 0 Å². The summed E-state index contributed by atoms with van der Waals surface area (Å²) < 4.78 is 24.2. The first kappa shape index (κ1) is 16.1. The maximum atomic E-state index is 13.2. The smallest absolute Gasteiger partial charge is 0.123 e. The van der Waals surface area contributed by atoms with Crippen LogP contribution in [0.4, 0.5) is 4.39 Å². The van der Waals surface area contributed by atoms with E-state index in [0.717, 1.165) is 37.4 Å². The molecule has 0 fully saturated rings. The van der Waals surface area contributed by atoms with Gasteiger partial charge in [-0.05, 0) is 18.2 Å². The molecule has 2 rings (SSSR count). The molecule has 0 spiro atoms. The Kier molecular flexibility index (Phi) is 5.90. The highest BCUT2D eigenvalue weighted by atomic mass is 32.1. The van der Waals surface area contributed by atoms with E-state index in [-0.39, 0.29) is 11.9 Å². The molecule has 21 heavy (non-hydrogen) atoms. The lowest BCUT2D eigenvalue weighted by Gasteiger charge is -2.24. The Labute approximate surface area is 130 Å². The highest BCUT2D eigenvalue weighted by molar-refractivity contribution is 7.80. The molecule has 0 bridgehead atoms. The number of fused-ring (bicyclic) bond motifs is 1. The molecule has 0 saturated carbocycles. The summed E-state index contributed by atoms with van der Waals surface area (Å²) in [5.74, 6) is 0.560. The molecule has 0 aliphatic carbocycles. The second-order valence-corrected chi connectivity index (χ2v) is 5.73. The minimum atomic E-state index is -0.220. The first-order valence-electron chi connectivity index (χ1n) is 7.03. The van der Waals surface area contributed by atoms with Gasteiger partial charge >= 0.3 is 0 Å². The van der Waals surface area contributed by atoms with E-state index in [1.54, 1.807) is 19.2 Å². The molecule has 2 N–H and O–H groups in total. The molecule has 1 aromatic rings. The summed E-state index contributed by atoms with van der Waals surface area (Å²) in [6.45, 7) is 2.97. The summed E-state index contributed by atoms with van der Waals surface area (Å²) in [5.41, 5.74) is 6.50. The van der Waals surface area contributed by atoms with Crippen LogP contribution in [0.5, 0.6) is 5.75 Å². The van der Waals surface area contributed by atoms with Crippen molar-refractivity contribution in [3.63, 3.8) is 0 Å². The van der Waals surface area contributed by atoms with Crippen molar-refractivity contribution in [2.45, 2.75) is 18.9 Å². The second kappa shape index (κ2) is 7.68. The molecule has 116 valence electrons. The molecular formula is C15H21FN2O2S. The average molecular weight is 312 g/mol. The number of hydrogen-bond donors (Lipinski definition) is 1. The van der Waals surface area contributed by atoms with Gasteiger partial charge in [0.2, 0.25) is 0 Å². The van der Waals surface area contributed by atoms with Crippen molar-refractivity contribution in [1.82, 2.24) is 4.90 Å². The van der Waals surface area contributed by atoms with E-state index in [1.807, 2.05) is 0 Å². The van der Waals surface area contributed by atoms with Gasteiger partial charge in [0.25, 0.3) is 0 Å². The van der Waals surface area contributed by atoms with Crippen LogP contribution in [0.3, 0.4) is 0 Å². The van der Waals surface area contributed by atoms with Crippen LogP contribution < -0.4 is 10.5 Å². The van der Waals surface area contributed by atoms with Crippen molar-refractivity contribution >= 4 is 17.2 Å². The zero-order valence-electron chi connectivity index (χ0n) is 12.2. The lowest BCUT2D eigenvalue weighted by Crippen LogP contribution is -2.38. The number of methoxy groups -OCH3 is 1. The van der Waals surface area contributed by atoms with Crippen molar-refractivity contribution in [2.75, 3.05) is 33.4 Å². The van der Waals surface area contributed by atoms with E-state index in [1.165, 1.54) is 6.07 Å². The number of ether oxygens (including phenoxy) is 2. The molecular weight excluding hydrogens is 291 g/mol. The molecule has 0 amide bonds. The van der Waals surface area contributed by atoms with E-state index >= 15 is 0 Å². The maximum absolute atomic E-state index is 13.2. The summed E-state index contributed by atoms with van der Waals surface area (Å²) in [5, 5.41) is 0. The van der Waals surface area contributed by atoms with Crippen molar-refractivity contribution in [3.05, 3.63) is 29.6 Å². The van der Waals surface area contributed by atoms with Crippen LogP contribution in [-0.2, 0) is 11.2 Å². The molecule has 0 saturated heterocycles. The SMILES string of the molecule is COCCN(CCC(N)=S)CC1Cc2cc(F)ccc2O1. The summed E-state index contributed by atoms with van der Waals surface area (Å²) in [7, 11) is 1.68. The van der Waals surface area contributed by atoms with Gasteiger partial charge < -0.3 is 15.2 Å². The van der Waals surface area contributed by atoms with E-state index < -0.39 is 0 Å². The quantitative estimate of drug-likeness (QED) is 0.741. The van der Waals surface area contributed by atoms with E-state index in [2.05, 4.69) is 4.90 Å². The number of rotatable bonds is 8. The molecule has 1 atom stereocenters. The standard InChI is InChI=1S/C15H21FN2O2S/c1-19-7-6-18(5-4-15(17)21)10-13-9-11-8-12(16)2-3-14(11)20-13/h2-3,8,13H,4-7,9-10H2,1H3,(H2,17,21). The number of nitrogens with two attached hydrogens (primary N) is 1. The van der Waals surface area contributed by atoms with Crippen molar-refractivity contribution in [1.29, 1.82) is 0 Å². The number of benzene rings is 1. The summed E-state index contributed by atoms with van der Waals surface area (Å²) in [6.07, 6.45) is 1.43. The summed E-state index contributed by atoms with van der Waals surface area (Å²) in [6, 6.07) is 4.67. The van der Waals surface area contributed by atoms with Crippen molar-refractivity contribution < 1.29 is 13.9 Å². The molecule has 1 unspecified atom stereocenters. The number of nitrogens with zero attached hydrogens (tertiary/aromatic N) is 1. The first-order chi connectivity index (χ1) is 10.1. The highest BCUT2D eigenvalue weighted by Crippen LogP contribution is 2.29. The first-order valence-corrected chi connectivity index (χ1v) is 7.44. The molecule has 6 heteroatoms. The maximum Gasteiger partial charge on any atom is 0.123 e. The van der Waals surface area contributed by atoms with Gasteiger partial charge in [0, 0.05) is 45.1 Å². The monoisotopic (exact) mass is 312 g/mol. The fourth-order valence-electron chi connectivity index (χ4n) is 2.46. The second-order valence-electron chi connectivity index (χ2n) is 5.21. The zero-order chi connectivity index (χ0) is 15.2. The minimum Gasteiger partial charge on any atom is -0.488 e. The minimum absolute atomic E-state index is 0.0324. The summed E-state index contributed by atoms with van der Waals surface area (Å²) >= 11 is 4.93. The van der Waals surface area contributed by atoms with Crippen LogP contribution in [0.15, 0.2) is 18.2 Å². The zero-order valence-corrected chi connectivity index (χ0v) is 13.0. The Bertz CT molecular complexity index is 499. The fraction of sp³-hybridized carbons (Fsp3) is 0.533. The van der Waals surface area contributed by atoms with Gasteiger partial charge in [0.15, 0.2) is 0 Å². The lowest BCUT2D eigenvalue weighted by atomic mass is 10.1. The Hall–Kier alpha value is -1.24. The van der Waals surface area contributed by atoms with Crippen LogP contribution in [0.25, 0.3) is 0 Å². The van der Waals surface area contributed by atoms with E-state index in [9.17, 15) is 4.39 Å². The van der Waals surface area contributed by atoms with Crippen LogP contribution in [0.2, 0.25) is 0 Å². The number of thiocarbonyl (C=S) groups is 1. The fourth-order valence-corrected chi connectivity index (χ4v) is 2.55. The average Bonchev–Trinajstić information content (AvgIpc) is 2.83. The molecule has 1 heterocycles. The normalized spacial score (nSPS) is 16.8. The van der Waals surface area contributed by atoms with Gasteiger partial charge in [0.05, 0.1) is 11.6 Å². The van der Waals surface area contributed by atoms with Crippen LogP contribution in [0, 0.1) is 5.82 Å². The summed E-state index contributed by atoms with van der Waals surface area (Å²) in [4.78, 5) is 2.73. The third-order valence-corrected chi connectivity index (χ3v) is 3.72. The van der Waals surface area contributed by atoms with E-state index in [0.29, 0.717) is 18.0 Å². The third kappa shape index (κ3) is 4.91. The molecule has 1 aliphatic heterocycles. The van der Waals surface area contributed by atoms with Crippen LogP contribution in [0.1, 0.15) is 12.0 Å². The van der Waals surface area contributed by atoms with Gasteiger partial charge in [-0.3, -0.25) is 4.90 Å². The predicted octanol–water partition coefficient (Wildman–Crippen LogP) is 1.75. The van der Waals surface area contributed by atoms with Crippen LogP contribution >= 0.6 is 12.2 Å². The predicted molar refractivity (Wildman–Crippen MR) is 84.2 cm³/mol. The van der Waals surface area contributed by atoms with Gasteiger partial charge in [-0.1, -0.05) is 12.2 Å². The Balaban J connectivity index is 1.90. The largest absolute Gasteiger partial charge is 0.488 e. The Morgan fingerprint density at radius 1 is 1.52 bits per heavy atom. The topological polar surface area (TPSA) is 47.7 Å². The Morgan fingerprint density at radius 3 is 3.05 bits per heavy atom. The van der Waals surface area contributed by atoms with Crippen molar-refractivity contribution in [3.8, 4) is 5.75 Å².